The third-order valence-corrected chi connectivity index (χ3v) is 4.55. The van der Waals surface area contributed by atoms with Crippen molar-refractivity contribution in [2.45, 2.75) is 37.5 Å². The van der Waals surface area contributed by atoms with Crippen LogP contribution in [0.5, 0.6) is 0 Å². The van der Waals surface area contributed by atoms with E-state index in [2.05, 4.69) is 23.5 Å². The summed E-state index contributed by atoms with van der Waals surface area (Å²) in [5.41, 5.74) is 5.00. The lowest BCUT2D eigenvalue weighted by atomic mass is 9.74. The Balaban J connectivity index is 1.78. The Kier molecular flexibility index (Phi) is 3.40. The van der Waals surface area contributed by atoms with Crippen LogP contribution in [0.3, 0.4) is 0 Å². The number of nitrogens with one attached hydrogen (secondary N) is 1. The van der Waals surface area contributed by atoms with E-state index >= 15 is 0 Å². The molecule has 1 aliphatic heterocycles. The van der Waals surface area contributed by atoms with E-state index in [0.717, 1.165) is 19.8 Å². The van der Waals surface area contributed by atoms with Crippen LogP contribution in [-0.2, 0) is 23.0 Å². The van der Waals surface area contributed by atoms with E-state index in [1.165, 1.54) is 37.7 Å². The molecule has 1 aromatic carbocycles. The Morgan fingerprint density at radius 1 is 1.22 bits per heavy atom. The number of aryl methyl sites for hydroxylation is 2. The number of benzene rings is 1. The van der Waals surface area contributed by atoms with E-state index in [0.29, 0.717) is 5.41 Å². The third kappa shape index (κ3) is 2.08. The first-order chi connectivity index (χ1) is 8.84. The van der Waals surface area contributed by atoms with Crippen LogP contribution in [-0.4, -0.2) is 26.8 Å². The topological polar surface area (TPSA) is 21.3 Å². The van der Waals surface area contributed by atoms with Crippen LogP contribution in [0.15, 0.2) is 18.2 Å². The Hall–Kier alpha value is -0.860. The monoisotopic (exact) mass is 245 g/mol. The molecule has 2 heteroatoms. The van der Waals surface area contributed by atoms with Gasteiger partial charge in [-0.1, -0.05) is 18.2 Å². The summed E-state index contributed by atoms with van der Waals surface area (Å²) in [6.45, 7) is 2.93. The SMILES string of the molecule is CNCCCC1(c2ccc3c(c2)CCC3)COC1. The second-order valence-corrected chi connectivity index (χ2v) is 5.82. The van der Waals surface area contributed by atoms with Crippen LogP contribution in [0.25, 0.3) is 0 Å². The molecule has 1 fully saturated rings. The van der Waals surface area contributed by atoms with Gasteiger partial charge in [-0.2, -0.15) is 0 Å². The Morgan fingerprint density at radius 2 is 2.06 bits per heavy atom. The first kappa shape index (κ1) is 12.2. The summed E-state index contributed by atoms with van der Waals surface area (Å²) in [6.07, 6.45) is 6.36. The maximum Gasteiger partial charge on any atom is 0.0585 e. The zero-order chi connectivity index (χ0) is 12.4. The van der Waals surface area contributed by atoms with Crippen molar-refractivity contribution in [1.82, 2.24) is 5.32 Å². The third-order valence-electron chi connectivity index (χ3n) is 4.55. The summed E-state index contributed by atoms with van der Waals surface area (Å²) in [6, 6.07) is 7.17. The molecule has 0 saturated carbocycles. The summed E-state index contributed by atoms with van der Waals surface area (Å²) in [4.78, 5) is 0. The lowest BCUT2D eigenvalue weighted by Gasteiger charge is -2.42. The average Bonchev–Trinajstić information content (AvgIpc) is 2.79. The van der Waals surface area contributed by atoms with E-state index in [1.807, 2.05) is 7.05 Å². The van der Waals surface area contributed by atoms with Crippen LogP contribution >= 0.6 is 0 Å². The molecule has 18 heavy (non-hydrogen) atoms. The molecule has 1 N–H and O–H groups in total. The summed E-state index contributed by atoms with van der Waals surface area (Å²) in [5.74, 6) is 0. The molecule has 0 bridgehead atoms. The molecule has 2 nitrogen and oxygen atoms in total. The number of rotatable bonds is 5. The van der Waals surface area contributed by atoms with Crippen molar-refractivity contribution < 1.29 is 4.74 Å². The maximum absolute atomic E-state index is 5.52. The van der Waals surface area contributed by atoms with Crippen molar-refractivity contribution in [2.75, 3.05) is 26.8 Å². The van der Waals surface area contributed by atoms with E-state index in [-0.39, 0.29) is 0 Å². The van der Waals surface area contributed by atoms with E-state index in [9.17, 15) is 0 Å². The zero-order valence-corrected chi connectivity index (χ0v) is 11.3. The van der Waals surface area contributed by atoms with Gasteiger partial charge in [0.1, 0.15) is 0 Å². The van der Waals surface area contributed by atoms with Crippen molar-refractivity contribution in [3.05, 3.63) is 34.9 Å². The van der Waals surface area contributed by atoms with Crippen LogP contribution in [0.1, 0.15) is 36.0 Å². The largest absolute Gasteiger partial charge is 0.379 e. The number of hydrogen-bond donors (Lipinski definition) is 1. The summed E-state index contributed by atoms with van der Waals surface area (Å²) < 4.78 is 5.52. The van der Waals surface area contributed by atoms with Crippen molar-refractivity contribution in [3.8, 4) is 0 Å². The average molecular weight is 245 g/mol. The number of fused-ring (bicyclic) bond motifs is 1. The van der Waals surface area contributed by atoms with Gasteiger partial charge < -0.3 is 10.1 Å². The predicted molar refractivity (Wildman–Crippen MR) is 74.1 cm³/mol. The molecule has 98 valence electrons. The molecule has 0 spiro atoms. The van der Waals surface area contributed by atoms with Gasteiger partial charge >= 0.3 is 0 Å². The normalized spacial score (nSPS) is 20.5. The Bertz CT molecular complexity index is 423. The Morgan fingerprint density at radius 3 is 2.78 bits per heavy atom. The van der Waals surface area contributed by atoms with Crippen molar-refractivity contribution in [3.63, 3.8) is 0 Å². The lowest BCUT2D eigenvalue weighted by molar-refractivity contribution is -0.0650. The second kappa shape index (κ2) is 5.02. The Labute approximate surface area is 110 Å². The molecule has 3 rings (SSSR count). The van der Waals surface area contributed by atoms with Gasteiger partial charge in [0, 0.05) is 5.41 Å². The summed E-state index contributed by atoms with van der Waals surface area (Å²) >= 11 is 0. The lowest BCUT2D eigenvalue weighted by Crippen LogP contribution is -2.47. The minimum Gasteiger partial charge on any atom is -0.379 e. The smallest absolute Gasteiger partial charge is 0.0585 e. The van der Waals surface area contributed by atoms with Gasteiger partial charge in [-0.15, -0.1) is 0 Å². The first-order valence-corrected chi connectivity index (χ1v) is 7.19. The molecule has 1 aromatic rings. The highest BCUT2D eigenvalue weighted by Crippen LogP contribution is 2.38. The number of ether oxygens (including phenoxy) is 1. The van der Waals surface area contributed by atoms with Gasteiger partial charge in [0.2, 0.25) is 0 Å². The second-order valence-electron chi connectivity index (χ2n) is 5.82. The molecule has 0 amide bonds. The minimum atomic E-state index is 0.314. The van der Waals surface area contributed by atoms with Crippen molar-refractivity contribution >= 4 is 0 Å². The van der Waals surface area contributed by atoms with Crippen LogP contribution in [0.4, 0.5) is 0 Å². The molecular weight excluding hydrogens is 222 g/mol. The van der Waals surface area contributed by atoms with Crippen molar-refractivity contribution in [2.24, 2.45) is 0 Å². The molecule has 1 aliphatic carbocycles. The highest BCUT2D eigenvalue weighted by Gasteiger charge is 2.39. The fraction of sp³-hybridized carbons (Fsp3) is 0.625. The molecule has 1 heterocycles. The number of hydrogen-bond acceptors (Lipinski definition) is 2. The summed E-state index contributed by atoms with van der Waals surface area (Å²) in [5, 5.41) is 3.24. The van der Waals surface area contributed by atoms with E-state index < -0.39 is 0 Å². The van der Waals surface area contributed by atoms with Gasteiger partial charge in [-0.05, 0) is 62.4 Å². The molecule has 0 atom stereocenters. The van der Waals surface area contributed by atoms with Gasteiger partial charge in [-0.25, -0.2) is 0 Å². The van der Waals surface area contributed by atoms with E-state index in [1.54, 1.807) is 11.1 Å². The molecule has 2 aliphatic rings. The molecule has 0 radical (unpaired) electrons. The van der Waals surface area contributed by atoms with Gasteiger partial charge in [0.15, 0.2) is 0 Å². The van der Waals surface area contributed by atoms with Gasteiger partial charge in [-0.3, -0.25) is 0 Å². The molecule has 0 aromatic heterocycles. The maximum atomic E-state index is 5.52. The van der Waals surface area contributed by atoms with Crippen LogP contribution in [0.2, 0.25) is 0 Å². The standard InChI is InChI=1S/C16H23NO/c1-17-9-3-8-16(11-18-12-16)15-7-6-13-4-2-5-14(13)10-15/h6-7,10,17H,2-5,8-9,11-12H2,1H3. The van der Waals surface area contributed by atoms with Gasteiger partial charge in [0.05, 0.1) is 13.2 Å². The molecule has 0 unspecified atom stereocenters. The highest BCUT2D eigenvalue weighted by molar-refractivity contribution is 5.39. The van der Waals surface area contributed by atoms with Gasteiger partial charge in [0.25, 0.3) is 0 Å². The van der Waals surface area contributed by atoms with E-state index in [4.69, 9.17) is 4.74 Å². The molecule has 1 saturated heterocycles. The van der Waals surface area contributed by atoms with Crippen LogP contribution < -0.4 is 5.32 Å². The molecular formula is C16H23NO. The predicted octanol–water partition coefficient (Wildman–Crippen LogP) is 2.44. The zero-order valence-electron chi connectivity index (χ0n) is 11.3. The fourth-order valence-corrected chi connectivity index (χ4v) is 3.31. The quantitative estimate of drug-likeness (QED) is 0.805. The minimum absolute atomic E-state index is 0.314. The fourth-order valence-electron chi connectivity index (χ4n) is 3.31. The highest BCUT2D eigenvalue weighted by atomic mass is 16.5. The van der Waals surface area contributed by atoms with Crippen LogP contribution in [0, 0.1) is 0 Å². The van der Waals surface area contributed by atoms with Crippen molar-refractivity contribution in [1.29, 1.82) is 0 Å². The summed E-state index contributed by atoms with van der Waals surface area (Å²) in [7, 11) is 2.03. The first-order valence-electron chi connectivity index (χ1n) is 7.19.